The first-order chi connectivity index (χ1) is 32.1. The maximum absolute atomic E-state index is 14.7. The smallest absolute Gasteiger partial charge is 0.297 e. The molecule has 0 unspecified atom stereocenters. The highest BCUT2D eigenvalue weighted by Gasteiger charge is 2.49. The van der Waals surface area contributed by atoms with Crippen LogP contribution in [0.2, 0.25) is 0 Å². The van der Waals surface area contributed by atoms with Crippen LogP contribution in [-0.2, 0) is 10.0 Å². The fraction of sp³-hybridized carbons (Fsp3) is 0.480. The molecule has 2 aliphatic carbocycles. The number of benzene rings is 3. The summed E-state index contributed by atoms with van der Waals surface area (Å²) >= 11 is 0. The summed E-state index contributed by atoms with van der Waals surface area (Å²) in [4.78, 5) is 37.2. The van der Waals surface area contributed by atoms with Gasteiger partial charge in [-0.25, -0.2) is 22.5 Å². The Bertz CT molecular complexity index is 2830. The number of rotatable bonds is 11. The van der Waals surface area contributed by atoms with Gasteiger partial charge in [0.15, 0.2) is 11.4 Å². The number of nitrogens with zero attached hydrogens (tertiary/aromatic N) is 4. The van der Waals surface area contributed by atoms with Gasteiger partial charge >= 0.3 is 0 Å². The Kier molecular flexibility index (Phi) is 11.7. The number of halogens is 1. The highest BCUT2D eigenvalue weighted by Crippen LogP contribution is 2.49. The van der Waals surface area contributed by atoms with Crippen molar-refractivity contribution in [2.45, 2.75) is 113 Å². The molecule has 3 aliphatic heterocycles. The van der Waals surface area contributed by atoms with Crippen molar-refractivity contribution < 1.29 is 37.1 Å². The van der Waals surface area contributed by atoms with Crippen molar-refractivity contribution in [1.82, 2.24) is 19.6 Å². The van der Waals surface area contributed by atoms with E-state index in [9.17, 15) is 32.8 Å². The largest absolute Gasteiger partial charge is 0.489 e. The normalized spacial score (nSPS) is 25.0. The van der Waals surface area contributed by atoms with Crippen LogP contribution in [0.3, 0.4) is 0 Å². The molecule has 1 amide bonds. The lowest BCUT2D eigenvalue weighted by Crippen LogP contribution is -2.63. The third kappa shape index (κ3) is 8.81. The molecule has 0 radical (unpaired) electrons. The summed E-state index contributed by atoms with van der Waals surface area (Å²) in [6, 6.07) is 17.7. The highest BCUT2D eigenvalue weighted by molar-refractivity contribution is 7.90. The minimum atomic E-state index is -4.71. The number of carbonyl (C=O) groups is 1. The maximum atomic E-state index is 14.7. The number of piperidine rings is 1. The molecule has 5 heterocycles. The first-order valence-electron chi connectivity index (χ1n) is 23.6. The number of nitro benzene ring substituents is 1. The molecule has 3 atom stereocenters. The third-order valence-corrected chi connectivity index (χ3v) is 16.6. The van der Waals surface area contributed by atoms with Gasteiger partial charge in [-0.2, -0.15) is 0 Å². The van der Waals surface area contributed by atoms with Crippen molar-refractivity contribution in [2.75, 3.05) is 43.0 Å². The van der Waals surface area contributed by atoms with Crippen LogP contribution in [0.1, 0.15) is 112 Å². The lowest BCUT2D eigenvalue weighted by molar-refractivity contribution is -0.384. The van der Waals surface area contributed by atoms with Gasteiger partial charge in [0.2, 0.25) is 0 Å². The van der Waals surface area contributed by atoms with E-state index in [1.54, 1.807) is 19.1 Å². The Hall–Kier alpha value is -5.78. The first-order valence-corrected chi connectivity index (χ1v) is 25.1. The van der Waals surface area contributed by atoms with Crippen LogP contribution in [0.5, 0.6) is 17.2 Å². The molecule has 4 fully saturated rings. The van der Waals surface area contributed by atoms with E-state index in [1.807, 2.05) is 0 Å². The van der Waals surface area contributed by atoms with E-state index in [1.165, 1.54) is 61.0 Å². The van der Waals surface area contributed by atoms with Crippen LogP contribution in [0.4, 0.5) is 21.5 Å². The zero-order valence-electron chi connectivity index (χ0n) is 38.1. The van der Waals surface area contributed by atoms with Gasteiger partial charge in [-0.1, -0.05) is 44.5 Å². The van der Waals surface area contributed by atoms with Crippen molar-refractivity contribution in [3.63, 3.8) is 0 Å². The molecule has 0 bridgehead atoms. The lowest BCUT2D eigenvalue weighted by atomic mass is 9.70. The fourth-order valence-electron chi connectivity index (χ4n) is 11.5. The number of fused-ring (bicyclic) bond motifs is 2. The van der Waals surface area contributed by atoms with E-state index in [0.29, 0.717) is 49.2 Å². The number of sulfonamides is 1. The molecule has 10 rings (SSSR count). The molecule has 2 saturated heterocycles. The number of aromatic amines is 1. The van der Waals surface area contributed by atoms with Crippen molar-refractivity contribution in [3.8, 4) is 17.2 Å². The van der Waals surface area contributed by atoms with E-state index in [0.717, 1.165) is 50.8 Å². The summed E-state index contributed by atoms with van der Waals surface area (Å²) in [5.74, 6) is -0.335. The molecular weight excluding hydrogens is 878 g/mol. The van der Waals surface area contributed by atoms with Crippen molar-refractivity contribution in [2.24, 2.45) is 11.3 Å². The zero-order chi connectivity index (χ0) is 46.8. The summed E-state index contributed by atoms with van der Waals surface area (Å²) in [6.07, 6.45) is 10.8. The van der Waals surface area contributed by atoms with Gasteiger partial charge in [0.25, 0.3) is 21.6 Å². The molecule has 3 aromatic carbocycles. The third-order valence-electron chi connectivity index (χ3n) is 15.3. The summed E-state index contributed by atoms with van der Waals surface area (Å²) in [5, 5.41) is 26.2. The minimum absolute atomic E-state index is 0.0191. The Labute approximate surface area is 389 Å². The fourth-order valence-corrected chi connectivity index (χ4v) is 12.5. The summed E-state index contributed by atoms with van der Waals surface area (Å²) in [7, 11) is -4.71. The lowest BCUT2D eigenvalue weighted by Gasteiger charge is -2.57. The number of ether oxygens (including phenoxy) is 2. The van der Waals surface area contributed by atoms with Gasteiger partial charge in [0.1, 0.15) is 29.6 Å². The van der Waals surface area contributed by atoms with Crippen molar-refractivity contribution in [1.29, 1.82) is 0 Å². The number of aliphatic hydroxyl groups is 1. The van der Waals surface area contributed by atoms with Crippen LogP contribution >= 0.6 is 0 Å². The quantitative estimate of drug-likeness (QED) is 0.0727. The Morgan fingerprint density at radius 2 is 1.81 bits per heavy atom. The summed E-state index contributed by atoms with van der Waals surface area (Å²) < 4.78 is 56.9. The number of nitro groups is 1. The second kappa shape index (κ2) is 17.4. The van der Waals surface area contributed by atoms with E-state index in [-0.39, 0.29) is 57.9 Å². The van der Waals surface area contributed by atoms with E-state index in [2.05, 4.69) is 67.9 Å². The molecule has 354 valence electrons. The zero-order valence-corrected chi connectivity index (χ0v) is 38.9. The van der Waals surface area contributed by atoms with E-state index < -0.39 is 42.9 Å². The number of pyridine rings is 1. The van der Waals surface area contributed by atoms with E-state index >= 15 is 0 Å². The predicted molar refractivity (Wildman–Crippen MR) is 252 cm³/mol. The van der Waals surface area contributed by atoms with E-state index in [4.69, 9.17) is 9.47 Å². The number of aromatic nitrogens is 2. The summed E-state index contributed by atoms with van der Waals surface area (Å²) in [5.41, 5.74) is 2.92. The number of H-pyrrole nitrogens is 1. The molecule has 5 aromatic rings. The number of hydrogen-bond donors (Lipinski definition) is 4. The number of amides is 1. The number of nitrogens with one attached hydrogen (secondary N) is 3. The van der Waals surface area contributed by atoms with Crippen LogP contribution in [0.25, 0.3) is 11.0 Å². The van der Waals surface area contributed by atoms with Crippen molar-refractivity contribution in [3.05, 3.63) is 106 Å². The monoisotopic (exact) mass is 935 g/mol. The van der Waals surface area contributed by atoms with Gasteiger partial charge in [-0.3, -0.25) is 19.8 Å². The molecular formula is C50H58FN7O8S. The molecule has 2 saturated carbocycles. The van der Waals surface area contributed by atoms with Crippen LogP contribution in [0.15, 0.2) is 78.0 Å². The summed E-state index contributed by atoms with van der Waals surface area (Å²) in [6.45, 7) is 10.2. The Morgan fingerprint density at radius 3 is 2.55 bits per heavy atom. The first kappa shape index (κ1) is 45.0. The Morgan fingerprint density at radius 1 is 1.04 bits per heavy atom. The van der Waals surface area contributed by atoms with Crippen LogP contribution < -0.4 is 24.4 Å². The SMILES string of the molecule is CC(C)c1ccccc1[C@@H]1CCC[C@@H]1N1CC2(CCN(c3ccc(C(=O)NS(=O)(=O)c4cc5c(c([N+](=O)[O-])c4)N[C@@H](C4CCC(C)(O)CC4)CO5)c(Oc4cnc5[nH]cc(F)c5c4)c3)CC2)C1. The Balaban J connectivity index is 0.863. The molecule has 15 nitrogen and oxygen atoms in total. The highest BCUT2D eigenvalue weighted by atomic mass is 32.2. The second-order valence-corrected chi connectivity index (χ2v) is 21.9. The number of hydrogen-bond acceptors (Lipinski definition) is 12. The molecule has 2 aromatic heterocycles. The average Bonchev–Trinajstić information content (AvgIpc) is 3.94. The van der Waals surface area contributed by atoms with Gasteiger partial charge in [0.05, 0.1) is 38.6 Å². The van der Waals surface area contributed by atoms with Crippen molar-refractivity contribution >= 4 is 44.0 Å². The van der Waals surface area contributed by atoms with Gasteiger partial charge in [-0.15, -0.1) is 0 Å². The average molecular weight is 936 g/mol. The number of anilines is 2. The van der Waals surface area contributed by atoms with Gasteiger partial charge < -0.3 is 29.8 Å². The topological polar surface area (TPSA) is 192 Å². The maximum Gasteiger partial charge on any atom is 0.297 e. The molecule has 5 aliphatic rings. The van der Waals surface area contributed by atoms with Gasteiger partial charge in [0, 0.05) is 62.3 Å². The van der Waals surface area contributed by atoms with Crippen LogP contribution in [0, 0.1) is 27.3 Å². The number of carbonyl (C=O) groups excluding carboxylic acids is 1. The minimum Gasteiger partial charge on any atom is -0.489 e. The molecule has 4 N–H and O–H groups in total. The standard InChI is InChI=1S/C50H58FN7O8S/c1-30(2)35-7-4-5-8-36(35)37-9-6-10-42(37)57-28-50(29-57)17-19-56(20-18-50)32-11-12-38(44(21-32)66-33-22-39-40(51)26-53-47(39)52-25-33)48(59)55-67(63,64)34-23-43(58(61)62)46-45(24-34)65-27-41(54-46)31-13-15-49(3,60)16-14-31/h4-5,7-8,11-12,21-26,30-31,37,41-42,54,60H,6,9-10,13-20,27-29H2,1-3H3,(H,52,53)(H,55,59)/t31?,37-,41+,42-,49?/m0/s1. The molecule has 67 heavy (non-hydrogen) atoms. The second-order valence-electron chi connectivity index (χ2n) is 20.2. The molecule has 1 spiro atoms. The van der Waals surface area contributed by atoms with Gasteiger partial charge in [-0.05, 0) is 111 Å². The molecule has 17 heteroatoms. The van der Waals surface area contributed by atoms with Crippen LogP contribution in [-0.4, -0.2) is 89.7 Å². The predicted octanol–water partition coefficient (Wildman–Crippen LogP) is 9.00. The number of likely N-dealkylation sites (tertiary alicyclic amines) is 1.